The van der Waals surface area contributed by atoms with Crippen molar-refractivity contribution in [1.29, 1.82) is 0 Å². The highest BCUT2D eigenvalue weighted by molar-refractivity contribution is 7.22. The van der Waals surface area contributed by atoms with Gasteiger partial charge in [-0.25, -0.2) is 9.37 Å². The van der Waals surface area contributed by atoms with E-state index in [9.17, 15) is 4.39 Å². The fraction of sp³-hybridized carbons (Fsp3) is 0.133. The SMILES string of the molecule is CCc1ccccc1Nc1nc2ccc(F)cc2s1. The molecule has 0 aliphatic heterocycles. The Hall–Kier alpha value is -1.94. The lowest BCUT2D eigenvalue weighted by atomic mass is 10.1. The molecule has 2 aromatic carbocycles. The molecular formula is C15H13FN2S. The van der Waals surface area contributed by atoms with Gasteiger partial charge in [0.15, 0.2) is 5.13 Å². The number of fused-ring (bicyclic) bond motifs is 1. The van der Waals surface area contributed by atoms with E-state index in [1.165, 1.54) is 29.0 Å². The summed E-state index contributed by atoms with van der Waals surface area (Å²) >= 11 is 1.46. The molecule has 0 saturated carbocycles. The van der Waals surface area contributed by atoms with Gasteiger partial charge in [0.2, 0.25) is 0 Å². The van der Waals surface area contributed by atoms with Gasteiger partial charge in [-0.05, 0) is 36.2 Å². The largest absolute Gasteiger partial charge is 0.331 e. The van der Waals surface area contributed by atoms with Crippen LogP contribution in [0.25, 0.3) is 10.2 Å². The van der Waals surface area contributed by atoms with E-state index >= 15 is 0 Å². The number of nitrogens with one attached hydrogen (secondary N) is 1. The van der Waals surface area contributed by atoms with Crippen LogP contribution >= 0.6 is 11.3 Å². The normalized spacial score (nSPS) is 10.8. The molecule has 0 amide bonds. The standard InChI is InChI=1S/C15H13FN2S/c1-2-10-5-3-4-6-12(10)17-15-18-13-8-7-11(16)9-14(13)19-15/h3-9H,2H2,1H3,(H,17,18). The van der Waals surface area contributed by atoms with Crippen molar-refractivity contribution in [1.82, 2.24) is 4.98 Å². The highest BCUT2D eigenvalue weighted by Crippen LogP contribution is 2.29. The molecule has 0 aliphatic carbocycles. The van der Waals surface area contributed by atoms with Gasteiger partial charge in [-0.15, -0.1) is 0 Å². The van der Waals surface area contributed by atoms with Crippen LogP contribution < -0.4 is 5.32 Å². The van der Waals surface area contributed by atoms with Crippen LogP contribution in [0.15, 0.2) is 42.5 Å². The number of rotatable bonds is 3. The van der Waals surface area contributed by atoms with Gasteiger partial charge >= 0.3 is 0 Å². The van der Waals surface area contributed by atoms with Gasteiger partial charge in [0, 0.05) is 5.69 Å². The Morgan fingerprint density at radius 2 is 2.05 bits per heavy atom. The number of para-hydroxylation sites is 1. The summed E-state index contributed by atoms with van der Waals surface area (Å²) in [5, 5.41) is 4.11. The summed E-state index contributed by atoms with van der Waals surface area (Å²) in [4.78, 5) is 4.47. The first kappa shape index (κ1) is 12.1. The van der Waals surface area contributed by atoms with Gasteiger partial charge in [0.1, 0.15) is 5.82 Å². The third-order valence-electron chi connectivity index (χ3n) is 2.99. The first-order chi connectivity index (χ1) is 9.26. The summed E-state index contributed by atoms with van der Waals surface area (Å²) in [5.41, 5.74) is 3.13. The van der Waals surface area contributed by atoms with E-state index in [1.54, 1.807) is 6.07 Å². The van der Waals surface area contributed by atoms with Crippen molar-refractivity contribution in [3.8, 4) is 0 Å². The molecule has 0 fully saturated rings. The van der Waals surface area contributed by atoms with Crippen molar-refractivity contribution in [2.24, 2.45) is 0 Å². The number of halogens is 1. The smallest absolute Gasteiger partial charge is 0.188 e. The minimum absolute atomic E-state index is 0.225. The molecule has 0 aliphatic rings. The van der Waals surface area contributed by atoms with Crippen LogP contribution in [0.3, 0.4) is 0 Å². The first-order valence-electron chi connectivity index (χ1n) is 6.17. The molecule has 1 heterocycles. The van der Waals surface area contributed by atoms with Gasteiger partial charge in [-0.2, -0.15) is 0 Å². The predicted molar refractivity (Wildman–Crippen MR) is 78.7 cm³/mol. The second-order valence-corrected chi connectivity index (χ2v) is 5.30. The monoisotopic (exact) mass is 272 g/mol. The lowest BCUT2D eigenvalue weighted by molar-refractivity contribution is 0.630. The van der Waals surface area contributed by atoms with Crippen LogP contribution in [-0.4, -0.2) is 4.98 Å². The number of hydrogen-bond donors (Lipinski definition) is 1. The average molecular weight is 272 g/mol. The van der Waals surface area contributed by atoms with E-state index in [-0.39, 0.29) is 5.82 Å². The summed E-state index contributed by atoms with van der Waals surface area (Å²) in [6.45, 7) is 2.12. The number of aryl methyl sites for hydroxylation is 1. The third kappa shape index (κ3) is 2.44. The van der Waals surface area contributed by atoms with E-state index in [0.717, 1.165) is 27.5 Å². The van der Waals surface area contributed by atoms with E-state index in [2.05, 4.69) is 23.3 Å². The van der Waals surface area contributed by atoms with Crippen molar-refractivity contribution in [2.75, 3.05) is 5.32 Å². The molecule has 0 unspecified atom stereocenters. The number of thiazole rings is 1. The van der Waals surface area contributed by atoms with Gasteiger partial charge in [0.05, 0.1) is 10.2 Å². The number of hydrogen-bond acceptors (Lipinski definition) is 3. The molecule has 0 saturated heterocycles. The van der Waals surface area contributed by atoms with E-state index < -0.39 is 0 Å². The molecule has 0 radical (unpaired) electrons. The highest BCUT2D eigenvalue weighted by atomic mass is 32.1. The maximum absolute atomic E-state index is 13.1. The molecule has 3 rings (SSSR count). The summed E-state index contributed by atoms with van der Waals surface area (Å²) in [6.07, 6.45) is 0.961. The second kappa shape index (κ2) is 4.97. The van der Waals surface area contributed by atoms with Crippen LogP contribution in [-0.2, 0) is 6.42 Å². The topological polar surface area (TPSA) is 24.9 Å². The van der Waals surface area contributed by atoms with Crippen LogP contribution in [0.2, 0.25) is 0 Å². The molecule has 1 aromatic heterocycles. The Morgan fingerprint density at radius 1 is 1.21 bits per heavy atom. The van der Waals surface area contributed by atoms with Crippen LogP contribution in [0, 0.1) is 5.82 Å². The fourth-order valence-electron chi connectivity index (χ4n) is 2.02. The maximum atomic E-state index is 13.1. The highest BCUT2D eigenvalue weighted by Gasteiger charge is 2.06. The Balaban J connectivity index is 1.96. The molecule has 2 nitrogen and oxygen atoms in total. The molecule has 19 heavy (non-hydrogen) atoms. The summed E-state index contributed by atoms with van der Waals surface area (Å²) in [7, 11) is 0. The molecule has 0 spiro atoms. The summed E-state index contributed by atoms with van der Waals surface area (Å²) < 4.78 is 14.0. The predicted octanol–water partition coefficient (Wildman–Crippen LogP) is 4.74. The molecular weight excluding hydrogens is 259 g/mol. The molecule has 0 atom stereocenters. The Labute approximate surface area is 114 Å². The Morgan fingerprint density at radius 3 is 2.89 bits per heavy atom. The zero-order chi connectivity index (χ0) is 13.2. The molecule has 3 aromatic rings. The number of anilines is 2. The Bertz CT molecular complexity index is 721. The lowest BCUT2D eigenvalue weighted by Gasteiger charge is -2.07. The van der Waals surface area contributed by atoms with Crippen LogP contribution in [0.4, 0.5) is 15.2 Å². The number of nitrogens with zero attached hydrogens (tertiary/aromatic N) is 1. The zero-order valence-electron chi connectivity index (χ0n) is 10.5. The van der Waals surface area contributed by atoms with Gasteiger partial charge < -0.3 is 5.32 Å². The van der Waals surface area contributed by atoms with E-state index in [4.69, 9.17) is 0 Å². The lowest BCUT2D eigenvalue weighted by Crippen LogP contribution is -1.93. The molecule has 96 valence electrons. The minimum atomic E-state index is -0.225. The number of aromatic nitrogens is 1. The fourth-order valence-corrected chi connectivity index (χ4v) is 2.92. The maximum Gasteiger partial charge on any atom is 0.188 e. The second-order valence-electron chi connectivity index (χ2n) is 4.27. The Kier molecular flexibility index (Phi) is 3.17. The van der Waals surface area contributed by atoms with Crippen molar-refractivity contribution in [3.63, 3.8) is 0 Å². The summed E-state index contributed by atoms with van der Waals surface area (Å²) in [6, 6.07) is 12.8. The van der Waals surface area contributed by atoms with Gasteiger partial charge in [0.25, 0.3) is 0 Å². The number of benzene rings is 2. The van der Waals surface area contributed by atoms with Crippen molar-refractivity contribution in [3.05, 3.63) is 53.8 Å². The third-order valence-corrected chi connectivity index (χ3v) is 3.92. The van der Waals surface area contributed by atoms with Crippen molar-refractivity contribution >= 4 is 32.4 Å². The average Bonchev–Trinajstić information content (AvgIpc) is 2.80. The van der Waals surface area contributed by atoms with Crippen molar-refractivity contribution < 1.29 is 4.39 Å². The molecule has 4 heteroatoms. The van der Waals surface area contributed by atoms with Gasteiger partial charge in [-0.1, -0.05) is 36.5 Å². The van der Waals surface area contributed by atoms with E-state index in [0.29, 0.717) is 0 Å². The van der Waals surface area contributed by atoms with Crippen molar-refractivity contribution in [2.45, 2.75) is 13.3 Å². The van der Waals surface area contributed by atoms with Gasteiger partial charge in [-0.3, -0.25) is 0 Å². The molecule has 1 N–H and O–H groups in total. The van der Waals surface area contributed by atoms with Crippen LogP contribution in [0.1, 0.15) is 12.5 Å². The minimum Gasteiger partial charge on any atom is -0.331 e. The molecule has 0 bridgehead atoms. The van der Waals surface area contributed by atoms with Crippen LogP contribution in [0.5, 0.6) is 0 Å². The zero-order valence-corrected chi connectivity index (χ0v) is 11.3. The van der Waals surface area contributed by atoms with E-state index in [1.807, 2.05) is 18.2 Å². The summed E-state index contributed by atoms with van der Waals surface area (Å²) in [5.74, 6) is -0.225. The quantitative estimate of drug-likeness (QED) is 0.744. The first-order valence-corrected chi connectivity index (χ1v) is 6.99.